The van der Waals surface area contributed by atoms with Crippen molar-refractivity contribution >= 4 is 46.6 Å². The van der Waals surface area contributed by atoms with Crippen LogP contribution < -0.4 is 0 Å². The molecule has 5 nitrogen and oxygen atoms in total. The molecule has 0 aliphatic carbocycles. The predicted octanol–water partition coefficient (Wildman–Crippen LogP) is 6.70. The Bertz CT molecular complexity index is 869. The molecule has 34 heavy (non-hydrogen) atoms. The van der Waals surface area contributed by atoms with Gasteiger partial charge in [0.05, 0.1) is 31.3 Å². The smallest absolute Gasteiger partial charge is 0.307 e. The van der Waals surface area contributed by atoms with Gasteiger partial charge in [-0.15, -0.1) is 35.1 Å². The summed E-state index contributed by atoms with van der Waals surface area (Å²) in [5, 5.41) is 13.7. The number of rotatable bonds is 12. The number of likely N-dealkylation sites (tertiary alicyclic amines) is 1. The van der Waals surface area contributed by atoms with E-state index >= 15 is 0 Å². The second-order valence-corrected chi connectivity index (χ2v) is 11.0. The SMILES string of the molecule is CC(C)OCc1ccsc1C(=CCCN1CCC[C@@H](C(=O)O)C1)c1sccc1COC(C)C.Cl. The van der Waals surface area contributed by atoms with Gasteiger partial charge in [0.1, 0.15) is 0 Å². The van der Waals surface area contributed by atoms with Gasteiger partial charge in [-0.3, -0.25) is 4.79 Å². The summed E-state index contributed by atoms with van der Waals surface area (Å²) in [6.07, 6.45) is 5.32. The number of hydrogen-bond acceptors (Lipinski definition) is 6. The lowest BCUT2D eigenvalue weighted by atomic mass is 9.98. The quantitative estimate of drug-likeness (QED) is 0.333. The summed E-state index contributed by atoms with van der Waals surface area (Å²) in [7, 11) is 0. The summed E-state index contributed by atoms with van der Waals surface area (Å²) >= 11 is 3.51. The summed E-state index contributed by atoms with van der Waals surface area (Å²) < 4.78 is 11.9. The molecule has 0 saturated carbocycles. The molecular formula is C26H38ClNO4S2. The van der Waals surface area contributed by atoms with Gasteiger partial charge in [-0.05, 0) is 87.5 Å². The highest BCUT2D eigenvalue weighted by atomic mass is 35.5. The normalized spacial score (nSPS) is 16.6. The molecule has 190 valence electrons. The third-order valence-corrected chi connectivity index (χ3v) is 7.76. The zero-order valence-corrected chi connectivity index (χ0v) is 23.1. The molecule has 1 saturated heterocycles. The minimum atomic E-state index is -0.669. The monoisotopic (exact) mass is 527 g/mol. The lowest BCUT2D eigenvalue weighted by Gasteiger charge is -2.30. The van der Waals surface area contributed by atoms with Crippen molar-refractivity contribution in [2.45, 2.75) is 72.4 Å². The molecule has 3 heterocycles. The molecule has 1 N–H and O–H groups in total. The first kappa shape index (κ1) is 29.0. The van der Waals surface area contributed by atoms with E-state index in [1.165, 1.54) is 26.5 Å². The van der Waals surface area contributed by atoms with Crippen LogP contribution in [0.1, 0.15) is 67.8 Å². The lowest BCUT2D eigenvalue weighted by Crippen LogP contribution is -2.39. The molecule has 0 unspecified atom stereocenters. The first-order valence-electron chi connectivity index (χ1n) is 11.9. The molecule has 3 rings (SSSR count). The maximum Gasteiger partial charge on any atom is 0.307 e. The van der Waals surface area contributed by atoms with Crippen molar-refractivity contribution in [3.05, 3.63) is 49.9 Å². The fraction of sp³-hybridized carbons (Fsp3) is 0.577. The van der Waals surface area contributed by atoms with Crippen LogP contribution in [-0.2, 0) is 27.5 Å². The highest BCUT2D eigenvalue weighted by molar-refractivity contribution is 7.14. The minimum absolute atomic E-state index is 0. The molecule has 8 heteroatoms. The van der Waals surface area contributed by atoms with Crippen LogP contribution in [0.25, 0.3) is 5.57 Å². The van der Waals surface area contributed by atoms with Gasteiger partial charge < -0.3 is 19.5 Å². The summed E-state index contributed by atoms with van der Waals surface area (Å²) in [6.45, 7) is 12.0. The fourth-order valence-electron chi connectivity index (χ4n) is 4.02. The van der Waals surface area contributed by atoms with Crippen molar-refractivity contribution in [2.24, 2.45) is 5.92 Å². The fourth-order valence-corrected chi connectivity index (χ4v) is 6.01. The van der Waals surface area contributed by atoms with Crippen LogP contribution in [0.4, 0.5) is 0 Å². The van der Waals surface area contributed by atoms with Crippen LogP contribution in [0.5, 0.6) is 0 Å². The first-order valence-corrected chi connectivity index (χ1v) is 13.6. The Balaban J connectivity index is 0.00000408. The Kier molecular flexibility index (Phi) is 12.3. The van der Waals surface area contributed by atoms with Crippen LogP contribution in [0.2, 0.25) is 0 Å². The zero-order chi connectivity index (χ0) is 23.8. The van der Waals surface area contributed by atoms with Gasteiger partial charge >= 0.3 is 5.97 Å². The molecule has 1 aliphatic heterocycles. The predicted molar refractivity (Wildman–Crippen MR) is 144 cm³/mol. The van der Waals surface area contributed by atoms with Crippen molar-refractivity contribution in [3.63, 3.8) is 0 Å². The van der Waals surface area contributed by atoms with E-state index in [9.17, 15) is 9.90 Å². The topological polar surface area (TPSA) is 59.0 Å². The maximum atomic E-state index is 11.4. The summed E-state index contributed by atoms with van der Waals surface area (Å²) in [5.74, 6) is -0.908. The number of carboxylic acid groups (broad SMARTS) is 1. The molecule has 0 aromatic carbocycles. The van der Waals surface area contributed by atoms with E-state index in [4.69, 9.17) is 9.47 Å². The van der Waals surface area contributed by atoms with Crippen molar-refractivity contribution in [2.75, 3.05) is 19.6 Å². The van der Waals surface area contributed by atoms with Gasteiger partial charge in [-0.1, -0.05) is 6.08 Å². The zero-order valence-electron chi connectivity index (χ0n) is 20.6. The van der Waals surface area contributed by atoms with Crippen molar-refractivity contribution in [1.82, 2.24) is 4.90 Å². The molecule has 0 amide bonds. The summed E-state index contributed by atoms with van der Waals surface area (Å²) in [4.78, 5) is 16.2. The van der Waals surface area contributed by atoms with Crippen LogP contribution in [0, 0.1) is 5.92 Å². The Morgan fingerprint density at radius 1 is 1.09 bits per heavy atom. The average Bonchev–Trinajstić information content (AvgIpc) is 3.43. The number of carboxylic acids is 1. The molecule has 2 aromatic heterocycles. The number of hydrogen-bond donors (Lipinski definition) is 1. The highest BCUT2D eigenvalue weighted by Crippen LogP contribution is 2.37. The van der Waals surface area contributed by atoms with Gasteiger partial charge in [-0.2, -0.15) is 0 Å². The number of thiophene rings is 2. The molecule has 1 fully saturated rings. The Labute approximate surface area is 218 Å². The lowest BCUT2D eigenvalue weighted by molar-refractivity contribution is -0.143. The Hall–Kier alpha value is -1.22. The standard InChI is InChI=1S/C26H37NO4S2.ClH/c1-18(2)30-16-21-9-13-32-24(21)23(25-22(10-14-33-25)17-31-19(3)4)8-6-12-27-11-5-7-20(15-27)26(28)29;/h8-10,13-14,18-20H,5-7,11-12,15-17H2,1-4H3,(H,28,29);1H/t20-;/m1./s1. The number of aliphatic carboxylic acids is 1. The van der Waals surface area contributed by atoms with Crippen LogP contribution >= 0.6 is 35.1 Å². The number of carbonyl (C=O) groups is 1. The minimum Gasteiger partial charge on any atom is -0.481 e. The van der Waals surface area contributed by atoms with Gasteiger partial charge in [0, 0.05) is 28.4 Å². The van der Waals surface area contributed by atoms with E-state index in [0.29, 0.717) is 19.8 Å². The van der Waals surface area contributed by atoms with Crippen LogP contribution in [0.3, 0.4) is 0 Å². The van der Waals surface area contributed by atoms with E-state index < -0.39 is 5.97 Å². The molecule has 0 radical (unpaired) electrons. The van der Waals surface area contributed by atoms with E-state index in [2.05, 4.69) is 61.6 Å². The Morgan fingerprint density at radius 3 is 2.15 bits per heavy atom. The van der Waals surface area contributed by atoms with Gasteiger partial charge in [-0.25, -0.2) is 0 Å². The van der Waals surface area contributed by atoms with Crippen molar-refractivity contribution in [3.8, 4) is 0 Å². The third-order valence-electron chi connectivity index (χ3n) is 5.78. The molecule has 0 bridgehead atoms. The first-order chi connectivity index (χ1) is 15.8. The highest BCUT2D eigenvalue weighted by Gasteiger charge is 2.25. The van der Waals surface area contributed by atoms with Crippen LogP contribution in [-0.4, -0.2) is 47.8 Å². The largest absolute Gasteiger partial charge is 0.481 e. The molecule has 1 aliphatic rings. The molecular weight excluding hydrogens is 490 g/mol. The van der Waals surface area contributed by atoms with Crippen LogP contribution in [0.15, 0.2) is 29.0 Å². The van der Waals surface area contributed by atoms with E-state index in [1.807, 2.05) is 0 Å². The van der Waals surface area contributed by atoms with Crippen molar-refractivity contribution in [1.29, 1.82) is 0 Å². The van der Waals surface area contributed by atoms with Gasteiger partial charge in [0.15, 0.2) is 0 Å². The number of halogens is 1. The number of ether oxygens (including phenoxy) is 2. The molecule has 1 atom stereocenters. The summed E-state index contributed by atoms with van der Waals surface area (Å²) in [6, 6.07) is 4.33. The number of nitrogens with zero attached hydrogens (tertiary/aromatic N) is 1. The van der Waals surface area contributed by atoms with E-state index in [1.54, 1.807) is 22.7 Å². The van der Waals surface area contributed by atoms with Gasteiger partial charge in [0.2, 0.25) is 0 Å². The second kappa shape index (κ2) is 14.4. The van der Waals surface area contributed by atoms with Crippen molar-refractivity contribution < 1.29 is 19.4 Å². The molecule has 0 spiro atoms. The second-order valence-electron chi connectivity index (χ2n) is 9.15. The number of piperidine rings is 1. The van der Waals surface area contributed by atoms with Gasteiger partial charge in [0.25, 0.3) is 0 Å². The third kappa shape index (κ3) is 8.47. The van der Waals surface area contributed by atoms with E-state index in [0.717, 1.165) is 32.4 Å². The Morgan fingerprint density at radius 2 is 1.65 bits per heavy atom. The van der Waals surface area contributed by atoms with E-state index in [-0.39, 0.29) is 30.5 Å². The average molecular weight is 528 g/mol. The molecule has 2 aromatic rings. The maximum absolute atomic E-state index is 11.4. The summed E-state index contributed by atoms with van der Waals surface area (Å²) in [5.41, 5.74) is 3.68.